The molecule has 0 fully saturated rings. The van der Waals surface area contributed by atoms with Crippen LogP contribution in [0.15, 0.2) is 115 Å². The molecule has 0 saturated carbocycles. The maximum atomic E-state index is 13.0. The molecule has 0 aliphatic heterocycles. The Morgan fingerprint density at radius 1 is 0.625 bits per heavy atom. The summed E-state index contributed by atoms with van der Waals surface area (Å²) in [7, 11) is 0. The van der Waals surface area contributed by atoms with Crippen molar-refractivity contribution in [2.45, 2.75) is 5.60 Å². The molecule has 32 heavy (non-hydrogen) atoms. The third-order valence-corrected chi connectivity index (χ3v) is 5.33. The number of carbonyl (C=O) groups is 2. The van der Waals surface area contributed by atoms with E-state index in [-0.39, 0.29) is 5.78 Å². The van der Waals surface area contributed by atoms with Gasteiger partial charge >= 0.3 is 5.97 Å². The molecule has 4 aromatic rings. The van der Waals surface area contributed by atoms with E-state index in [4.69, 9.17) is 4.74 Å². The molecule has 158 valence electrons. The number of esters is 1. The Kier molecular flexibility index (Phi) is 6.24. The summed E-state index contributed by atoms with van der Waals surface area (Å²) in [6.07, 6.45) is 0. The zero-order valence-electron chi connectivity index (χ0n) is 17.3. The first-order chi connectivity index (χ1) is 15.6. The summed E-state index contributed by atoms with van der Waals surface area (Å²) in [5, 5.41) is 11.4. The first-order valence-corrected chi connectivity index (χ1v) is 10.3. The predicted octanol–water partition coefficient (Wildman–Crippen LogP) is 5.02. The van der Waals surface area contributed by atoms with Crippen molar-refractivity contribution in [1.29, 1.82) is 0 Å². The quantitative estimate of drug-likeness (QED) is 0.336. The highest BCUT2D eigenvalue weighted by atomic mass is 16.6. The molecule has 4 aromatic carbocycles. The second-order valence-corrected chi connectivity index (χ2v) is 7.39. The van der Waals surface area contributed by atoms with E-state index in [0.717, 1.165) is 11.1 Å². The van der Waals surface area contributed by atoms with Crippen LogP contribution in [0.2, 0.25) is 0 Å². The van der Waals surface area contributed by atoms with Crippen molar-refractivity contribution in [1.82, 2.24) is 0 Å². The summed E-state index contributed by atoms with van der Waals surface area (Å²) in [4.78, 5) is 25.7. The maximum Gasteiger partial charge on any atom is 0.348 e. The van der Waals surface area contributed by atoms with Crippen LogP contribution in [0.25, 0.3) is 11.1 Å². The standard InChI is InChI=1S/C28H22O4/c29-26(23-18-16-22(17-19-23)21-10-4-1-5-11-21)20-32-27(30)28(31,24-12-6-2-7-13-24)25-14-8-3-9-15-25/h1-19,31H,20H2. The molecule has 0 heterocycles. The van der Waals surface area contributed by atoms with Gasteiger partial charge in [0.05, 0.1) is 0 Å². The Morgan fingerprint density at radius 3 is 1.56 bits per heavy atom. The molecule has 1 N–H and O–H groups in total. The van der Waals surface area contributed by atoms with Crippen LogP contribution in [-0.4, -0.2) is 23.5 Å². The number of hydrogen-bond acceptors (Lipinski definition) is 4. The molecule has 0 aliphatic carbocycles. The second-order valence-electron chi connectivity index (χ2n) is 7.39. The van der Waals surface area contributed by atoms with Crippen molar-refractivity contribution in [3.8, 4) is 11.1 Å². The van der Waals surface area contributed by atoms with Gasteiger partial charge in [0, 0.05) is 5.56 Å². The van der Waals surface area contributed by atoms with Crippen LogP contribution in [0.1, 0.15) is 21.5 Å². The van der Waals surface area contributed by atoms with Crippen molar-refractivity contribution in [3.05, 3.63) is 132 Å². The number of ether oxygens (including phenoxy) is 1. The molecule has 0 radical (unpaired) electrons. The molecule has 0 bridgehead atoms. The van der Waals surface area contributed by atoms with Crippen LogP contribution in [0.4, 0.5) is 0 Å². The minimum atomic E-state index is -2.01. The van der Waals surface area contributed by atoms with Crippen LogP contribution in [0.5, 0.6) is 0 Å². The highest BCUT2D eigenvalue weighted by molar-refractivity contribution is 5.99. The van der Waals surface area contributed by atoms with Crippen molar-refractivity contribution in [2.24, 2.45) is 0 Å². The van der Waals surface area contributed by atoms with Crippen molar-refractivity contribution < 1.29 is 19.4 Å². The lowest BCUT2D eigenvalue weighted by Crippen LogP contribution is -2.39. The zero-order chi connectivity index (χ0) is 22.4. The van der Waals surface area contributed by atoms with Gasteiger partial charge in [-0.05, 0) is 22.3 Å². The number of Topliss-reactive ketones (excluding diaryl/α,β-unsaturated/α-hetero) is 1. The van der Waals surface area contributed by atoms with Gasteiger partial charge in [-0.2, -0.15) is 0 Å². The number of benzene rings is 4. The fourth-order valence-corrected chi connectivity index (χ4v) is 3.56. The Morgan fingerprint density at radius 2 is 1.06 bits per heavy atom. The predicted molar refractivity (Wildman–Crippen MR) is 123 cm³/mol. The topological polar surface area (TPSA) is 63.6 Å². The Bertz CT molecular complexity index is 1150. The average molecular weight is 422 g/mol. The third-order valence-electron chi connectivity index (χ3n) is 5.33. The molecule has 0 atom stereocenters. The van der Waals surface area contributed by atoms with Crippen molar-refractivity contribution >= 4 is 11.8 Å². The average Bonchev–Trinajstić information content (AvgIpc) is 2.88. The molecule has 0 aromatic heterocycles. The Balaban J connectivity index is 1.50. The monoisotopic (exact) mass is 422 g/mol. The number of rotatable bonds is 7. The number of ketones is 1. The molecule has 0 spiro atoms. The van der Waals surface area contributed by atoms with Crippen LogP contribution < -0.4 is 0 Å². The van der Waals surface area contributed by atoms with Gasteiger partial charge in [0.15, 0.2) is 12.4 Å². The number of carbonyl (C=O) groups excluding carboxylic acids is 2. The Labute approximate surface area is 186 Å². The van der Waals surface area contributed by atoms with E-state index in [1.807, 2.05) is 42.5 Å². The third kappa shape index (κ3) is 4.36. The van der Waals surface area contributed by atoms with Crippen molar-refractivity contribution in [3.63, 3.8) is 0 Å². The van der Waals surface area contributed by atoms with Gasteiger partial charge in [-0.25, -0.2) is 4.79 Å². The number of aliphatic hydroxyl groups is 1. The van der Waals surface area contributed by atoms with Crippen LogP contribution in [-0.2, 0) is 15.1 Å². The van der Waals surface area contributed by atoms with Gasteiger partial charge in [-0.3, -0.25) is 4.79 Å². The summed E-state index contributed by atoms with van der Waals surface area (Å²) in [5.41, 5.74) is 1.20. The fourth-order valence-electron chi connectivity index (χ4n) is 3.56. The van der Waals surface area contributed by atoms with Gasteiger partial charge in [0.2, 0.25) is 5.60 Å². The van der Waals surface area contributed by atoms with Crippen molar-refractivity contribution in [2.75, 3.05) is 6.61 Å². The van der Waals surface area contributed by atoms with Gasteiger partial charge in [0.1, 0.15) is 0 Å². The highest BCUT2D eigenvalue weighted by Gasteiger charge is 2.41. The zero-order valence-corrected chi connectivity index (χ0v) is 17.3. The molecule has 4 rings (SSSR count). The van der Waals surface area contributed by atoms with E-state index in [2.05, 4.69) is 0 Å². The van der Waals surface area contributed by atoms with E-state index in [0.29, 0.717) is 16.7 Å². The molecule has 0 saturated heterocycles. The van der Waals surface area contributed by atoms with Gasteiger partial charge in [-0.1, -0.05) is 115 Å². The van der Waals surface area contributed by atoms with E-state index in [1.54, 1.807) is 72.8 Å². The van der Waals surface area contributed by atoms with E-state index in [1.165, 1.54) is 0 Å². The Hall–Kier alpha value is -4.02. The molecule has 0 unspecified atom stereocenters. The normalized spacial score (nSPS) is 11.0. The second kappa shape index (κ2) is 9.41. The van der Waals surface area contributed by atoms with Crippen LogP contribution in [0.3, 0.4) is 0 Å². The van der Waals surface area contributed by atoms with Crippen LogP contribution >= 0.6 is 0 Å². The van der Waals surface area contributed by atoms with E-state index >= 15 is 0 Å². The van der Waals surface area contributed by atoms with Gasteiger partial charge < -0.3 is 9.84 Å². The largest absolute Gasteiger partial charge is 0.455 e. The van der Waals surface area contributed by atoms with Gasteiger partial charge in [-0.15, -0.1) is 0 Å². The minimum Gasteiger partial charge on any atom is -0.455 e. The first-order valence-electron chi connectivity index (χ1n) is 10.3. The maximum absolute atomic E-state index is 13.0. The molecular weight excluding hydrogens is 400 g/mol. The SMILES string of the molecule is O=C(COC(=O)C(O)(c1ccccc1)c1ccccc1)c1ccc(-c2ccccc2)cc1. The van der Waals surface area contributed by atoms with Gasteiger partial charge in [0.25, 0.3) is 0 Å². The highest BCUT2D eigenvalue weighted by Crippen LogP contribution is 2.31. The summed E-state index contributed by atoms with van der Waals surface area (Å²) in [6.45, 7) is -0.467. The fraction of sp³-hybridized carbons (Fsp3) is 0.0714. The summed E-state index contributed by atoms with van der Waals surface area (Å²) in [5.74, 6) is -1.24. The minimum absolute atomic E-state index is 0.346. The molecular formula is C28H22O4. The summed E-state index contributed by atoms with van der Waals surface area (Å²) < 4.78 is 5.31. The first kappa shape index (κ1) is 21.2. The molecule has 4 heteroatoms. The van der Waals surface area contributed by atoms with E-state index in [9.17, 15) is 14.7 Å². The lowest BCUT2D eigenvalue weighted by atomic mass is 9.86. The lowest BCUT2D eigenvalue weighted by molar-refractivity contribution is -0.160. The summed E-state index contributed by atoms with van der Waals surface area (Å²) in [6, 6.07) is 34.1. The molecule has 4 nitrogen and oxygen atoms in total. The van der Waals surface area contributed by atoms with E-state index < -0.39 is 18.2 Å². The smallest absolute Gasteiger partial charge is 0.348 e. The van der Waals surface area contributed by atoms with Crippen LogP contribution in [0, 0.1) is 0 Å². The summed E-state index contributed by atoms with van der Waals surface area (Å²) >= 11 is 0. The lowest BCUT2D eigenvalue weighted by Gasteiger charge is -2.26. The number of hydrogen-bond donors (Lipinski definition) is 1. The molecule has 0 amide bonds. The molecule has 0 aliphatic rings.